The Kier molecular flexibility index (Phi) is 5.73. The van der Waals surface area contributed by atoms with E-state index in [1.165, 1.54) is 11.1 Å². The van der Waals surface area contributed by atoms with Crippen molar-refractivity contribution in [3.8, 4) is 11.3 Å². The summed E-state index contributed by atoms with van der Waals surface area (Å²) in [5.74, 6) is 0.0632. The zero-order valence-corrected chi connectivity index (χ0v) is 16.4. The van der Waals surface area contributed by atoms with Gasteiger partial charge in [0.05, 0.1) is 11.2 Å². The number of fused-ring (bicyclic) bond motifs is 1. The average molecular weight is 390 g/mol. The van der Waals surface area contributed by atoms with Crippen molar-refractivity contribution in [3.05, 3.63) is 59.8 Å². The minimum Gasteiger partial charge on any atom is -0.481 e. The molecule has 2 aromatic heterocycles. The second-order valence-electron chi connectivity index (χ2n) is 6.58. The number of aromatic nitrogens is 4. The molecule has 5 N–H and O–H groups in total. The van der Waals surface area contributed by atoms with Gasteiger partial charge in [0.15, 0.2) is 0 Å². The van der Waals surface area contributed by atoms with Gasteiger partial charge in [0.2, 0.25) is 5.95 Å². The number of aryl methyl sites for hydroxylation is 2. The van der Waals surface area contributed by atoms with E-state index in [4.69, 9.17) is 15.6 Å². The van der Waals surface area contributed by atoms with Crippen LogP contribution in [0.1, 0.15) is 18.1 Å². The zero-order chi connectivity index (χ0) is 21.0. The third-order valence-corrected chi connectivity index (χ3v) is 4.29. The van der Waals surface area contributed by atoms with Crippen molar-refractivity contribution in [2.75, 3.05) is 11.1 Å². The molecule has 0 bridgehead atoms. The SMILES string of the molecule is CC(=O)O.Cc1ccc(-c2n[nH]c3ccc(Nc4ccnc(N)n4)cc23)cc1C. The summed E-state index contributed by atoms with van der Waals surface area (Å²) in [6.07, 6.45) is 1.63. The summed E-state index contributed by atoms with van der Waals surface area (Å²) in [5, 5.41) is 19.3. The standard InChI is InChI=1S/C19H18N6.C2H4O2/c1-11-3-4-13(9-12(11)2)18-15-10-14(5-6-16(15)24-25-18)22-17-7-8-21-19(20)23-17;1-2(3)4/h3-10H,1-2H3,(H,24,25)(H3,20,21,22,23);1H3,(H,3,4). The number of nitrogen functional groups attached to an aromatic ring is 1. The van der Waals surface area contributed by atoms with E-state index < -0.39 is 5.97 Å². The van der Waals surface area contributed by atoms with Crippen molar-refractivity contribution in [2.24, 2.45) is 0 Å². The van der Waals surface area contributed by atoms with Crippen molar-refractivity contribution in [1.82, 2.24) is 20.2 Å². The Labute approximate surface area is 167 Å². The zero-order valence-electron chi connectivity index (χ0n) is 16.4. The fraction of sp³-hybridized carbons (Fsp3) is 0.143. The highest BCUT2D eigenvalue weighted by Crippen LogP contribution is 2.30. The average Bonchev–Trinajstić information content (AvgIpc) is 3.07. The molecule has 0 unspecified atom stereocenters. The van der Waals surface area contributed by atoms with Gasteiger partial charge in [-0.2, -0.15) is 10.1 Å². The molecule has 0 aliphatic heterocycles. The summed E-state index contributed by atoms with van der Waals surface area (Å²) in [4.78, 5) is 17.1. The summed E-state index contributed by atoms with van der Waals surface area (Å²) in [7, 11) is 0. The summed E-state index contributed by atoms with van der Waals surface area (Å²) < 4.78 is 0. The quantitative estimate of drug-likeness (QED) is 0.415. The van der Waals surface area contributed by atoms with Crippen LogP contribution in [0.3, 0.4) is 0 Å². The lowest BCUT2D eigenvalue weighted by Crippen LogP contribution is -1.98. The molecule has 0 atom stereocenters. The largest absolute Gasteiger partial charge is 0.481 e. The van der Waals surface area contributed by atoms with Crippen LogP contribution in [0.15, 0.2) is 48.7 Å². The number of nitrogens with zero attached hydrogens (tertiary/aromatic N) is 3. The molecule has 0 aliphatic rings. The number of H-pyrrole nitrogens is 1. The van der Waals surface area contributed by atoms with Crippen LogP contribution in [-0.4, -0.2) is 31.2 Å². The third-order valence-electron chi connectivity index (χ3n) is 4.29. The molecule has 4 rings (SSSR count). The number of anilines is 3. The van der Waals surface area contributed by atoms with Gasteiger partial charge >= 0.3 is 0 Å². The Morgan fingerprint density at radius 1 is 1.10 bits per heavy atom. The molecule has 2 aromatic carbocycles. The number of aliphatic carboxylic acids is 1. The molecule has 0 aliphatic carbocycles. The Morgan fingerprint density at radius 2 is 1.86 bits per heavy atom. The van der Waals surface area contributed by atoms with E-state index in [1.807, 2.05) is 12.1 Å². The van der Waals surface area contributed by atoms with Gasteiger partial charge in [-0.1, -0.05) is 12.1 Å². The monoisotopic (exact) mass is 390 g/mol. The maximum Gasteiger partial charge on any atom is 0.300 e. The van der Waals surface area contributed by atoms with Gasteiger partial charge in [0.1, 0.15) is 5.82 Å². The number of nitrogens with one attached hydrogen (secondary N) is 2. The highest BCUT2D eigenvalue weighted by molar-refractivity contribution is 5.95. The van der Waals surface area contributed by atoms with Crippen LogP contribution in [0.25, 0.3) is 22.2 Å². The number of benzene rings is 2. The number of nitrogens with two attached hydrogens (primary N) is 1. The van der Waals surface area contributed by atoms with E-state index in [1.54, 1.807) is 12.3 Å². The first kappa shape index (κ1) is 19.8. The Balaban J connectivity index is 0.000000552. The van der Waals surface area contributed by atoms with Crippen LogP contribution in [-0.2, 0) is 4.79 Å². The molecule has 4 aromatic rings. The predicted molar refractivity (Wildman–Crippen MR) is 114 cm³/mol. The van der Waals surface area contributed by atoms with E-state index in [9.17, 15) is 0 Å². The molecular formula is C21H22N6O2. The van der Waals surface area contributed by atoms with Gasteiger partial charge in [-0.25, -0.2) is 4.98 Å². The topological polar surface area (TPSA) is 130 Å². The maximum absolute atomic E-state index is 9.00. The minimum atomic E-state index is -0.833. The molecule has 8 heteroatoms. The second-order valence-corrected chi connectivity index (χ2v) is 6.58. The van der Waals surface area contributed by atoms with Crippen molar-refractivity contribution in [1.29, 1.82) is 0 Å². The van der Waals surface area contributed by atoms with Gasteiger partial charge in [0, 0.05) is 29.8 Å². The smallest absolute Gasteiger partial charge is 0.300 e. The molecule has 0 amide bonds. The number of rotatable bonds is 3. The summed E-state index contributed by atoms with van der Waals surface area (Å²) in [6.45, 7) is 5.30. The summed E-state index contributed by atoms with van der Waals surface area (Å²) >= 11 is 0. The van der Waals surface area contributed by atoms with Gasteiger partial charge in [-0.15, -0.1) is 0 Å². The molecule has 0 fully saturated rings. The number of carboxylic acid groups (broad SMARTS) is 1. The molecule has 0 saturated heterocycles. The predicted octanol–water partition coefficient (Wildman–Crippen LogP) is 4.05. The van der Waals surface area contributed by atoms with E-state index in [0.29, 0.717) is 5.82 Å². The van der Waals surface area contributed by atoms with Gasteiger partial charge in [0.25, 0.3) is 5.97 Å². The number of hydrogen-bond donors (Lipinski definition) is 4. The van der Waals surface area contributed by atoms with E-state index in [-0.39, 0.29) is 5.95 Å². The van der Waals surface area contributed by atoms with Crippen LogP contribution in [0, 0.1) is 13.8 Å². The number of aromatic amines is 1. The first-order chi connectivity index (χ1) is 13.8. The Bertz CT molecular complexity index is 1170. The first-order valence-electron chi connectivity index (χ1n) is 8.94. The van der Waals surface area contributed by atoms with Crippen LogP contribution in [0.2, 0.25) is 0 Å². The number of carboxylic acids is 1. The fourth-order valence-corrected chi connectivity index (χ4v) is 2.79. The maximum atomic E-state index is 9.00. The summed E-state index contributed by atoms with van der Waals surface area (Å²) in [5.41, 5.74) is 12.1. The highest BCUT2D eigenvalue weighted by atomic mass is 16.4. The molecule has 2 heterocycles. The van der Waals surface area contributed by atoms with E-state index in [0.717, 1.165) is 34.8 Å². The first-order valence-corrected chi connectivity index (χ1v) is 8.94. The molecular weight excluding hydrogens is 368 g/mol. The minimum absolute atomic E-state index is 0.241. The lowest BCUT2D eigenvalue weighted by atomic mass is 10.0. The normalized spacial score (nSPS) is 10.3. The summed E-state index contributed by atoms with van der Waals surface area (Å²) in [6, 6.07) is 14.2. The van der Waals surface area contributed by atoms with Gasteiger partial charge < -0.3 is 16.2 Å². The number of carbonyl (C=O) groups is 1. The van der Waals surface area contributed by atoms with Crippen LogP contribution >= 0.6 is 0 Å². The van der Waals surface area contributed by atoms with Crippen LogP contribution in [0.5, 0.6) is 0 Å². The Hall–Kier alpha value is -3.94. The van der Waals surface area contributed by atoms with E-state index >= 15 is 0 Å². The fourth-order valence-electron chi connectivity index (χ4n) is 2.79. The van der Waals surface area contributed by atoms with Crippen molar-refractivity contribution in [2.45, 2.75) is 20.8 Å². The third kappa shape index (κ3) is 4.86. The molecule has 0 saturated carbocycles. The number of hydrogen-bond acceptors (Lipinski definition) is 6. The lowest BCUT2D eigenvalue weighted by molar-refractivity contribution is -0.134. The van der Waals surface area contributed by atoms with Crippen molar-refractivity contribution < 1.29 is 9.90 Å². The Morgan fingerprint density at radius 3 is 2.55 bits per heavy atom. The molecule has 29 heavy (non-hydrogen) atoms. The van der Waals surface area contributed by atoms with E-state index in [2.05, 4.69) is 63.6 Å². The van der Waals surface area contributed by atoms with Gasteiger partial charge in [-0.3, -0.25) is 9.89 Å². The molecule has 8 nitrogen and oxygen atoms in total. The van der Waals surface area contributed by atoms with Crippen molar-refractivity contribution >= 4 is 34.3 Å². The van der Waals surface area contributed by atoms with Crippen LogP contribution in [0.4, 0.5) is 17.5 Å². The molecule has 0 spiro atoms. The molecule has 0 radical (unpaired) electrons. The lowest BCUT2D eigenvalue weighted by Gasteiger charge is -2.07. The van der Waals surface area contributed by atoms with Gasteiger partial charge in [-0.05, 0) is 55.3 Å². The molecule has 148 valence electrons. The van der Waals surface area contributed by atoms with Crippen molar-refractivity contribution in [3.63, 3.8) is 0 Å². The highest BCUT2D eigenvalue weighted by Gasteiger charge is 2.10. The second kappa shape index (κ2) is 8.39. The van der Waals surface area contributed by atoms with Crippen LogP contribution < -0.4 is 11.1 Å².